The van der Waals surface area contributed by atoms with Crippen molar-refractivity contribution in [2.24, 2.45) is 0 Å². The Bertz CT molecular complexity index is 1250. The SMILES string of the molecule is CCOC(=O)c1cc2cc(B3OC(C)(C)C(C)(C)O3)ccc2n1CCOc1ccc(OC(F)(F)F)cc1. The molecule has 0 N–H and O–H groups in total. The first-order valence-electron chi connectivity index (χ1n) is 11.9. The molecular formula is C26H29BF3NO6. The molecule has 0 bridgehead atoms. The van der Waals surface area contributed by atoms with Crippen molar-refractivity contribution in [2.45, 2.75) is 58.7 Å². The van der Waals surface area contributed by atoms with Crippen LogP contribution < -0.4 is 14.9 Å². The van der Waals surface area contributed by atoms with Gasteiger partial charge < -0.3 is 28.1 Å². The molecule has 0 saturated carbocycles. The highest BCUT2D eigenvalue weighted by atomic mass is 19.4. The van der Waals surface area contributed by atoms with Crippen LogP contribution in [0.4, 0.5) is 13.2 Å². The van der Waals surface area contributed by atoms with Crippen molar-refractivity contribution in [3.63, 3.8) is 0 Å². The van der Waals surface area contributed by atoms with Crippen molar-refractivity contribution in [2.75, 3.05) is 13.2 Å². The van der Waals surface area contributed by atoms with Gasteiger partial charge in [0.05, 0.1) is 24.4 Å². The number of benzene rings is 2. The second-order valence-electron chi connectivity index (χ2n) is 9.68. The minimum atomic E-state index is -4.76. The number of alkyl halides is 3. The van der Waals surface area contributed by atoms with Crippen LogP contribution in [0.15, 0.2) is 48.5 Å². The van der Waals surface area contributed by atoms with E-state index in [4.69, 9.17) is 18.8 Å². The number of carbonyl (C=O) groups is 1. The topological polar surface area (TPSA) is 68.2 Å². The van der Waals surface area contributed by atoms with Crippen LogP contribution in [0.2, 0.25) is 0 Å². The van der Waals surface area contributed by atoms with E-state index >= 15 is 0 Å². The van der Waals surface area contributed by atoms with Crippen LogP contribution in [0.25, 0.3) is 10.9 Å². The van der Waals surface area contributed by atoms with Gasteiger partial charge >= 0.3 is 19.5 Å². The first-order valence-corrected chi connectivity index (χ1v) is 11.9. The van der Waals surface area contributed by atoms with Gasteiger partial charge in [-0.25, -0.2) is 4.79 Å². The molecule has 1 saturated heterocycles. The fraction of sp³-hybridized carbons (Fsp3) is 0.423. The van der Waals surface area contributed by atoms with E-state index in [1.165, 1.54) is 24.3 Å². The van der Waals surface area contributed by atoms with E-state index in [0.29, 0.717) is 18.0 Å². The highest BCUT2D eigenvalue weighted by Crippen LogP contribution is 2.36. The van der Waals surface area contributed by atoms with E-state index in [2.05, 4.69) is 4.74 Å². The lowest BCUT2D eigenvalue weighted by Crippen LogP contribution is -2.41. The summed E-state index contributed by atoms with van der Waals surface area (Å²) >= 11 is 0. The van der Waals surface area contributed by atoms with E-state index in [0.717, 1.165) is 16.4 Å². The average Bonchev–Trinajstić information content (AvgIpc) is 3.27. The van der Waals surface area contributed by atoms with Crippen LogP contribution >= 0.6 is 0 Å². The van der Waals surface area contributed by atoms with Gasteiger partial charge in [-0.3, -0.25) is 0 Å². The second-order valence-corrected chi connectivity index (χ2v) is 9.68. The molecule has 1 aromatic heterocycles. The third kappa shape index (κ3) is 5.88. The highest BCUT2D eigenvalue weighted by Gasteiger charge is 2.51. The standard InChI is InChI=1S/C26H29BF3NO6/c1-6-33-23(32)22-16-17-15-18(27-36-24(2,3)25(4,5)37-27)7-12-21(17)31(22)13-14-34-19-8-10-20(11-9-19)35-26(28,29)30/h7-12,15-16H,6,13-14H2,1-5H3. The fourth-order valence-corrected chi connectivity index (χ4v) is 4.02. The Labute approximate surface area is 213 Å². The first kappa shape index (κ1) is 26.9. The molecule has 4 rings (SSSR count). The largest absolute Gasteiger partial charge is 0.573 e. The van der Waals surface area contributed by atoms with Crippen LogP contribution in [0.3, 0.4) is 0 Å². The van der Waals surface area contributed by atoms with Crippen molar-refractivity contribution in [1.29, 1.82) is 0 Å². The van der Waals surface area contributed by atoms with Crippen molar-refractivity contribution in [3.8, 4) is 11.5 Å². The molecule has 0 amide bonds. The Morgan fingerprint density at radius 3 is 2.19 bits per heavy atom. The number of hydrogen-bond acceptors (Lipinski definition) is 6. The molecule has 0 spiro atoms. The Balaban J connectivity index is 1.53. The predicted octanol–water partition coefficient (Wildman–Crippen LogP) is 5.09. The maximum Gasteiger partial charge on any atom is 0.573 e. The van der Waals surface area contributed by atoms with Crippen LogP contribution in [0, 0.1) is 0 Å². The molecule has 0 aliphatic carbocycles. The lowest BCUT2D eigenvalue weighted by molar-refractivity contribution is -0.274. The summed E-state index contributed by atoms with van der Waals surface area (Å²) in [5, 5.41) is 0.809. The number of nitrogens with zero attached hydrogens (tertiary/aromatic N) is 1. The lowest BCUT2D eigenvalue weighted by atomic mass is 9.78. The maximum absolute atomic E-state index is 12.7. The molecule has 198 valence electrons. The van der Waals surface area contributed by atoms with Crippen molar-refractivity contribution in [1.82, 2.24) is 4.57 Å². The van der Waals surface area contributed by atoms with E-state index in [1.807, 2.05) is 45.9 Å². The molecule has 1 aliphatic heterocycles. The predicted molar refractivity (Wildman–Crippen MR) is 132 cm³/mol. The minimum absolute atomic E-state index is 0.161. The van der Waals surface area contributed by atoms with E-state index in [9.17, 15) is 18.0 Å². The molecule has 0 atom stereocenters. The van der Waals surface area contributed by atoms with Gasteiger partial charge in [0.25, 0.3) is 0 Å². The van der Waals surface area contributed by atoms with E-state index < -0.39 is 30.7 Å². The molecule has 7 nitrogen and oxygen atoms in total. The van der Waals surface area contributed by atoms with Gasteiger partial charge in [-0.1, -0.05) is 12.1 Å². The summed E-state index contributed by atoms with van der Waals surface area (Å²) in [6.07, 6.45) is -4.76. The summed E-state index contributed by atoms with van der Waals surface area (Å²) in [4.78, 5) is 12.7. The fourth-order valence-electron chi connectivity index (χ4n) is 4.02. The zero-order valence-corrected chi connectivity index (χ0v) is 21.3. The molecule has 3 aromatic rings. The summed E-state index contributed by atoms with van der Waals surface area (Å²) in [5.41, 5.74) is 1.02. The van der Waals surface area contributed by atoms with Gasteiger partial charge in [0.15, 0.2) is 0 Å². The molecule has 2 heterocycles. The summed E-state index contributed by atoms with van der Waals surface area (Å²) in [5.74, 6) is -0.435. The second kappa shape index (κ2) is 9.94. The smallest absolute Gasteiger partial charge is 0.492 e. The Hall–Kier alpha value is -3.18. The highest BCUT2D eigenvalue weighted by molar-refractivity contribution is 6.62. The molecule has 0 unspecified atom stereocenters. The van der Waals surface area contributed by atoms with Crippen molar-refractivity contribution < 1.29 is 41.5 Å². The van der Waals surface area contributed by atoms with Crippen molar-refractivity contribution in [3.05, 3.63) is 54.2 Å². The van der Waals surface area contributed by atoms with Crippen LogP contribution in [-0.2, 0) is 20.6 Å². The molecule has 11 heteroatoms. The molecule has 2 aromatic carbocycles. The average molecular weight is 519 g/mol. The van der Waals surface area contributed by atoms with Gasteiger partial charge in [0.1, 0.15) is 23.8 Å². The first-order chi connectivity index (χ1) is 17.3. The zero-order valence-electron chi connectivity index (χ0n) is 21.3. The lowest BCUT2D eigenvalue weighted by Gasteiger charge is -2.32. The van der Waals surface area contributed by atoms with Gasteiger partial charge in [-0.15, -0.1) is 13.2 Å². The Morgan fingerprint density at radius 2 is 1.59 bits per heavy atom. The van der Waals surface area contributed by atoms with Crippen molar-refractivity contribution >= 4 is 29.5 Å². The van der Waals surface area contributed by atoms with Crippen LogP contribution in [0.1, 0.15) is 45.1 Å². The van der Waals surface area contributed by atoms with Gasteiger partial charge in [0.2, 0.25) is 0 Å². The number of fused-ring (bicyclic) bond motifs is 1. The number of carbonyl (C=O) groups excluding carboxylic acids is 1. The van der Waals surface area contributed by atoms with E-state index in [1.54, 1.807) is 17.6 Å². The third-order valence-corrected chi connectivity index (χ3v) is 6.58. The third-order valence-electron chi connectivity index (χ3n) is 6.58. The number of ether oxygens (including phenoxy) is 3. The number of halogens is 3. The van der Waals surface area contributed by atoms with Gasteiger partial charge in [-0.05, 0) is 76.5 Å². The molecular weight excluding hydrogens is 490 g/mol. The van der Waals surface area contributed by atoms with Gasteiger partial charge in [-0.2, -0.15) is 0 Å². The quantitative estimate of drug-likeness (QED) is 0.305. The molecule has 1 aliphatic rings. The Kier molecular flexibility index (Phi) is 7.22. The van der Waals surface area contributed by atoms with Gasteiger partial charge in [0, 0.05) is 10.9 Å². The monoisotopic (exact) mass is 519 g/mol. The molecule has 0 radical (unpaired) electrons. The van der Waals surface area contributed by atoms with E-state index in [-0.39, 0.29) is 19.0 Å². The Morgan fingerprint density at radius 1 is 0.973 bits per heavy atom. The summed E-state index contributed by atoms with van der Waals surface area (Å²) in [6.45, 7) is 10.4. The normalized spacial score (nSPS) is 16.7. The van der Waals surface area contributed by atoms with Crippen LogP contribution in [-0.4, -0.2) is 48.4 Å². The van der Waals surface area contributed by atoms with Crippen LogP contribution in [0.5, 0.6) is 11.5 Å². The number of rotatable bonds is 8. The number of esters is 1. The summed E-state index contributed by atoms with van der Waals surface area (Å²) < 4.78 is 66.0. The minimum Gasteiger partial charge on any atom is -0.492 e. The summed E-state index contributed by atoms with van der Waals surface area (Å²) in [6, 6.07) is 12.6. The number of aromatic nitrogens is 1. The summed E-state index contributed by atoms with van der Waals surface area (Å²) in [7, 11) is -0.545. The molecule has 37 heavy (non-hydrogen) atoms. The number of hydrogen-bond donors (Lipinski definition) is 0. The maximum atomic E-state index is 12.7. The molecule has 1 fully saturated rings. The zero-order chi connectivity index (χ0) is 27.0.